The first kappa shape index (κ1) is 33.6. The number of aliphatic carboxylic acids is 1. The van der Waals surface area contributed by atoms with Crippen LogP contribution in [0.25, 0.3) is 22.3 Å². The van der Waals surface area contributed by atoms with Crippen LogP contribution in [0, 0.1) is 0 Å². The van der Waals surface area contributed by atoms with Gasteiger partial charge < -0.3 is 39.2 Å². The molecule has 45 heavy (non-hydrogen) atoms. The van der Waals surface area contributed by atoms with Gasteiger partial charge in [-0.15, -0.1) is 0 Å². The van der Waals surface area contributed by atoms with E-state index in [1.54, 1.807) is 17.0 Å². The Morgan fingerprint density at radius 3 is 2.40 bits per heavy atom. The van der Waals surface area contributed by atoms with Crippen molar-refractivity contribution in [1.29, 1.82) is 0 Å². The summed E-state index contributed by atoms with van der Waals surface area (Å²) in [4.78, 5) is 47.7. The number of aromatic nitrogens is 2. The Bertz CT molecular complexity index is 1680. The zero-order valence-corrected chi connectivity index (χ0v) is 28.3. The smallest absolute Gasteiger partial charge is 0.547 e. The van der Waals surface area contributed by atoms with Gasteiger partial charge in [0, 0.05) is 41.2 Å². The summed E-state index contributed by atoms with van der Waals surface area (Å²) in [5.74, 6) is -1.33. The summed E-state index contributed by atoms with van der Waals surface area (Å²) in [7, 11) is 0. The summed E-state index contributed by atoms with van der Waals surface area (Å²) in [6.07, 6.45) is 5.68. The van der Waals surface area contributed by atoms with E-state index in [9.17, 15) is 29.7 Å². The molecule has 1 amide bonds. The van der Waals surface area contributed by atoms with Crippen molar-refractivity contribution < 1.29 is 59.2 Å². The number of aryl methyl sites for hydroxylation is 1. The van der Waals surface area contributed by atoms with Crippen LogP contribution < -0.4 is 45.0 Å². The number of carboxylic acid groups (broad SMARTS) is 1. The molecule has 234 valence electrons. The van der Waals surface area contributed by atoms with Gasteiger partial charge in [-0.3, -0.25) is 4.79 Å². The number of nitrogens with zero attached hydrogens (tertiary/aromatic N) is 4. The SMILES string of the molecule is CCc1c2c(nc3ccc(OC(=O)N4CCC(N5CCCCC5)CC4)cc13)-c1cc([C@@](O)(CC)C(=O)[O-])c(CO)c(=O)n1C2.[Na+]. The molecule has 5 heterocycles. The molecule has 1 atom stereocenters. The minimum atomic E-state index is -2.44. The molecule has 11 nitrogen and oxygen atoms in total. The number of benzene rings is 1. The second-order valence-corrected chi connectivity index (χ2v) is 12.1. The predicted molar refractivity (Wildman–Crippen MR) is 161 cm³/mol. The molecule has 2 N–H and O–H groups in total. The van der Waals surface area contributed by atoms with Crippen LogP contribution in [0.1, 0.15) is 74.6 Å². The second kappa shape index (κ2) is 13.5. The van der Waals surface area contributed by atoms with Gasteiger partial charge in [-0.25, -0.2) is 9.78 Å². The number of carbonyl (C=O) groups excluding carboxylic acids is 2. The predicted octanol–water partition coefficient (Wildman–Crippen LogP) is -0.719. The van der Waals surface area contributed by atoms with E-state index in [0.717, 1.165) is 42.4 Å². The summed E-state index contributed by atoms with van der Waals surface area (Å²) < 4.78 is 7.28. The van der Waals surface area contributed by atoms with E-state index < -0.39 is 23.7 Å². The molecular formula is C33H39N4NaO7. The van der Waals surface area contributed by atoms with Gasteiger partial charge in [0.2, 0.25) is 0 Å². The molecule has 0 spiro atoms. The first-order chi connectivity index (χ1) is 21.2. The Balaban J connectivity index is 0.00000400. The van der Waals surface area contributed by atoms with Crippen LogP contribution in [-0.4, -0.2) is 73.8 Å². The number of likely N-dealkylation sites (tertiary alicyclic amines) is 2. The Hall–Kier alpha value is -2.80. The molecule has 3 aliphatic heterocycles. The average Bonchev–Trinajstić information content (AvgIpc) is 3.42. The van der Waals surface area contributed by atoms with Crippen LogP contribution in [0.5, 0.6) is 5.75 Å². The van der Waals surface area contributed by atoms with Crippen LogP contribution in [0.4, 0.5) is 4.79 Å². The maximum absolute atomic E-state index is 13.5. The molecule has 12 heteroatoms. The molecule has 0 bridgehead atoms. The first-order valence-corrected chi connectivity index (χ1v) is 15.7. The molecule has 2 aromatic heterocycles. The van der Waals surface area contributed by atoms with Crippen LogP contribution in [0.2, 0.25) is 0 Å². The molecule has 0 unspecified atom stereocenters. The largest absolute Gasteiger partial charge is 1.00 e. The monoisotopic (exact) mass is 626 g/mol. The fraction of sp³-hybridized carbons (Fsp3) is 0.515. The number of aliphatic hydroxyl groups is 2. The number of hydrogen-bond donors (Lipinski definition) is 2. The minimum Gasteiger partial charge on any atom is -0.547 e. The number of rotatable bonds is 7. The van der Waals surface area contributed by atoms with Crippen molar-refractivity contribution in [3.05, 3.63) is 56.9 Å². The van der Waals surface area contributed by atoms with E-state index in [1.807, 2.05) is 13.0 Å². The van der Waals surface area contributed by atoms with E-state index in [4.69, 9.17) is 9.72 Å². The van der Waals surface area contributed by atoms with Gasteiger partial charge in [0.15, 0.2) is 0 Å². The molecule has 3 aliphatic rings. The molecule has 2 saturated heterocycles. The number of hydrogen-bond acceptors (Lipinski definition) is 9. The fourth-order valence-electron chi connectivity index (χ4n) is 7.23. The maximum atomic E-state index is 13.5. The number of pyridine rings is 2. The quantitative estimate of drug-likeness (QED) is 0.254. The molecule has 0 aliphatic carbocycles. The van der Waals surface area contributed by atoms with Crippen molar-refractivity contribution in [2.24, 2.45) is 0 Å². The van der Waals surface area contributed by atoms with Crippen molar-refractivity contribution in [1.82, 2.24) is 19.4 Å². The van der Waals surface area contributed by atoms with Gasteiger partial charge in [0.25, 0.3) is 5.56 Å². The Kier molecular flexibility index (Phi) is 10.1. The van der Waals surface area contributed by atoms with E-state index >= 15 is 0 Å². The number of ether oxygens (including phenoxy) is 1. The van der Waals surface area contributed by atoms with Gasteiger partial charge in [-0.2, -0.15) is 0 Å². The molecule has 6 rings (SSSR count). The van der Waals surface area contributed by atoms with Crippen molar-refractivity contribution in [3.8, 4) is 17.1 Å². The number of carboxylic acids is 1. The van der Waals surface area contributed by atoms with Gasteiger partial charge in [0.1, 0.15) is 11.4 Å². The zero-order valence-electron chi connectivity index (χ0n) is 26.3. The number of carbonyl (C=O) groups is 2. The topological polar surface area (TPSA) is 148 Å². The summed E-state index contributed by atoms with van der Waals surface area (Å²) in [5.41, 5.74) is -0.193. The number of amides is 1. The zero-order chi connectivity index (χ0) is 31.2. The van der Waals surface area contributed by atoms with E-state index in [0.29, 0.717) is 48.2 Å². The summed E-state index contributed by atoms with van der Waals surface area (Å²) >= 11 is 0. The number of piperidine rings is 2. The van der Waals surface area contributed by atoms with Crippen LogP contribution >= 0.6 is 0 Å². The summed E-state index contributed by atoms with van der Waals surface area (Å²) in [6, 6.07) is 7.24. The molecule has 0 saturated carbocycles. The third-order valence-corrected chi connectivity index (χ3v) is 9.78. The third kappa shape index (κ3) is 5.94. The van der Waals surface area contributed by atoms with E-state index in [-0.39, 0.29) is 59.7 Å². The van der Waals surface area contributed by atoms with Gasteiger partial charge in [-0.05, 0) is 81.4 Å². The standard InChI is InChI=1S/C33H40N4O7.Na/c1-3-22-23-16-21(44-32(42)36-14-10-20(11-15-36)35-12-6-5-7-13-35)8-9-27(23)34-29-24(22)18-37-28(29)17-26(25(19-38)30(37)39)33(43,4-2)31(40)41;/h8-9,16-17,20,38,43H,3-7,10-15,18-19H2,1-2H3,(H,40,41);/q;+1/p-1/t33-;/m0./s1. The van der Waals surface area contributed by atoms with E-state index in [1.165, 1.54) is 36.8 Å². The summed E-state index contributed by atoms with van der Waals surface area (Å²) in [5, 5.41) is 33.7. The fourth-order valence-corrected chi connectivity index (χ4v) is 7.23. The van der Waals surface area contributed by atoms with Crippen molar-refractivity contribution in [3.63, 3.8) is 0 Å². The number of aliphatic hydroxyl groups excluding tert-OH is 1. The Morgan fingerprint density at radius 1 is 1.07 bits per heavy atom. The summed E-state index contributed by atoms with van der Waals surface area (Å²) in [6.45, 7) is 6.52. The molecule has 3 aromatic rings. The average molecular weight is 627 g/mol. The van der Waals surface area contributed by atoms with Crippen molar-refractivity contribution >= 4 is 23.0 Å². The second-order valence-electron chi connectivity index (χ2n) is 12.1. The molecule has 2 fully saturated rings. The normalized spacial score (nSPS) is 18.2. The van der Waals surface area contributed by atoms with Crippen LogP contribution in [-0.2, 0) is 30.0 Å². The molecular weight excluding hydrogens is 587 g/mol. The van der Waals surface area contributed by atoms with Gasteiger partial charge >= 0.3 is 35.7 Å². The third-order valence-electron chi connectivity index (χ3n) is 9.78. The molecule has 1 aromatic carbocycles. The van der Waals surface area contributed by atoms with E-state index in [2.05, 4.69) is 4.90 Å². The Morgan fingerprint density at radius 2 is 1.78 bits per heavy atom. The maximum Gasteiger partial charge on any atom is 1.00 e. The molecule has 0 radical (unpaired) electrons. The number of fused-ring (bicyclic) bond motifs is 4. The van der Waals surface area contributed by atoms with Crippen LogP contribution in [0.3, 0.4) is 0 Å². The minimum absolute atomic E-state index is 0. The van der Waals surface area contributed by atoms with Crippen molar-refractivity contribution in [2.45, 2.75) is 83.6 Å². The van der Waals surface area contributed by atoms with Gasteiger partial charge in [0.05, 0.1) is 36.0 Å². The van der Waals surface area contributed by atoms with Crippen molar-refractivity contribution in [2.75, 3.05) is 26.2 Å². The first-order valence-electron chi connectivity index (χ1n) is 15.7. The van der Waals surface area contributed by atoms with Gasteiger partial charge in [-0.1, -0.05) is 20.3 Å². The van der Waals surface area contributed by atoms with Crippen LogP contribution in [0.15, 0.2) is 29.1 Å². The Labute approximate surface area is 284 Å².